The van der Waals surface area contributed by atoms with Gasteiger partial charge in [0.1, 0.15) is 5.76 Å². The van der Waals surface area contributed by atoms with Crippen LogP contribution in [0.1, 0.15) is 72.7 Å². The topological polar surface area (TPSA) is 116 Å². The van der Waals surface area contributed by atoms with Gasteiger partial charge in [-0.15, -0.1) is 0 Å². The summed E-state index contributed by atoms with van der Waals surface area (Å²) in [5.74, 6) is 1.23. The van der Waals surface area contributed by atoms with Gasteiger partial charge in [-0.05, 0) is 75.9 Å². The van der Waals surface area contributed by atoms with Crippen molar-refractivity contribution in [3.63, 3.8) is 0 Å². The molecule has 2 aliphatic heterocycles. The third kappa shape index (κ3) is 7.02. The van der Waals surface area contributed by atoms with Gasteiger partial charge >= 0.3 is 0 Å². The van der Waals surface area contributed by atoms with Crippen LogP contribution in [0.2, 0.25) is 0 Å². The van der Waals surface area contributed by atoms with E-state index in [9.17, 15) is 13.2 Å². The Morgan fingerprint density at radius 3 is 2.55 bits per heavy atom. The Kier molecular flexibility index (Phi) is 8.82. The standard InChI is InChI=1S/C28H40N4O5S/c33-16-4-12-31-13-9-22(10-14-31)20-38(35,36)32-15-11-24(18-25(32)17-21-5-2-1-3-6-21)29-28(34)26-19-27(37-30-26)23-7-8-23/h1-3,5-6,19,22-25,33H,4,7-18,20H2,(H,29,34)/t24-,25-/m0/s1. The molecule has 1 aliphatic carbocycles. The zero-order valence-electron chi connectivity index (χ0n) is 22.0. The maximum absolute atomic E-state index is 13.7. The Bertz CT molecular complexity index is 1160. The lowest BCUT2D eigenvalue weighted by atomic mass is 9.94. The van der Waals surface area contributed by atoms with Crippen molar-refractivity contribution >= 4 is 15.9 Å². The van der Waals surface area contributed by atoms with Gasteiger partial charge in [0.2, 0.25) is 10.0 Å². The number of nitrogens with zero attached hydrogens (tertiary/aromatic N) is 3. The highest BCUT2D eigenvalue weighted by Gasteiger charge is 2.38. The lowest BCUT2D eigenvalue weighted by Crippen LogP contribution is -2.53. The van der Waals surface area contributed by atoms with Gasteiger partial charge in [0.05, 0.1) is 5.75 Å². The smallest absolute Gasteiger partial charge is 0.273 e. The van der Waals surface area contributed by atoms with Crippen LogP contribution in [-0.2, 0) is 16.4 Å². The van der Waals surface area contributed by atoms with Crippen LogP contribution in [0.15, 0.2) is 40.9 Å². The van der Waals surface area contributed by atoms with Gasteiger partial charge in [-0.25, -0.2) is 8.42 Å². The first-order valence-electron chi connectivity index (χ1n) is 14.1. The van der Waals surface area contributed by atoms with Crippen molar-refractivity contribution in [2.24, 2.45) is 5.92 Å². The van der Waals surface area contributed by atoms with E-state index in [1.807, 2.05) is 30.3 Å². The van der Waals surface area contributed by atoms with Crippen LogP contribution in [-0.4, -0.2) is 84.4 Å². The largest absolute Gasteiger partial charge is 0.396 e. The molecule has 2 atom stereocenters. The second-order valence-corrected chi connectivity index (χ2v) is 13.1. The third-order valence-corrected chi connectivity index (χ3v) is 10.3. The van der Waals surface area contributed by atoms with E-state index < -0.39 is 10.0 Å². The molecule has 208 valence electrons. The van der Waals surface area contributed by atoms with Crippen molar-refractivity contribution in [2.45, 2.75) is 69.4 Å². The molecule has 1 aromatic carbocycles. The van der Waals surface area contributed by atoms with Crippen LogP contribution in [0.4, 0.5) is 0 Å². The molecule has 2 N–H and O–H groups in total. The summed E-state index contributed by atoms with van der Waals surface area (Å²) in [6.07, 6.45) is 6.38. The van der Waals surface area contributed by atoms with Gasteiger partial charge in [0.25, 0.3) is 5.91 Å². The van der Waals surface area contributed by atoms with Gasteiger partial charge in [-0.2, -0.15) is 4.31 Å². The van der Waals surface area contributed by atoms with E-state index in [1.165, 1.54) is 0 Å². The molecule has 1 amide bonds. The number of likely N-dealkylation sites (tertiary alicyclic amines) is 1. The van der Waals surface area contributed by atoms with Crippen LogP contribution in [0.3, 0.4) is 0 Å². The fourth-order valence-electron chi connectivity index (χ4n) is 5.88. The average Bonchev–Trinajstić information content (AvgIpc) is 3.64. The highest BCUT2D eigenvalue weighted by Crippen LogP contribution is 2.40. The first kappa shape index (κ1) is 27.3. The van der Waals surface area contributed by atoms with E-state index >= 15 is 0 Å². The van der Waals surface area contributed by atoms with Crippen molar-refractivity contribution in [1.29, 1.82) is 0 Å². The number of aromatic nitrogens is 1. The van der Waals surface area contributed by atoms with Gasteiger partial charge in [0.15, 0.2) is 5.69 Å². The quantitative estimate of drug-likeness (QED) is 0.447. The predicted octanol–water partition coefficient (Wildman–Crippen LogP) is 2.78. The first-order chi connectivity index (χ1) is 18.4. The molecule has 2 aromatic rings. The molecule has 2 saturated heterocycles. The number of carbonyl (C=O) groups excluding carboxylic acids is 1. The van der Waals surface area contributed by atoms with Crippen molar-refractivity contribution in [3.05, 3.63) is 53.4 Å². The number of benzene rings is 1. The highest BCUT2D eigenvalue weighted by atomic mass is 32.2. The normalized spacial score (nSPS) is 23.9. The number of hydrogen-bond acceptors (Lipinski definition) is 7. The molecular weight excluding hydrogens is 504 g/mol. The third-order valence-electron chi connectivity index (χ3n) is 8.20. The molecule has 1 saturated carbocycles. The SMILES string of the molecule is O=C(N[C@H]1CCN(S(=O)(=O)CC2CCN(CCCO)CC2)[C@@H](Cc2ccccc2)C1)c1cc(C2CC2)on1. The van der Waals surface area contributed by atoms with Crippen molar-refractivity contribution in [1.82, 2.24) is 19.7 Å². The molecule has 0 radical (unpaired) electrons. The molecule has 1 aromatic heterocycles. The fourth-order valence-corrected chi connectivity index (χ4v) is 8.00. The minimum Gasteiger partial charge on any atom is -0.396 e. The monoisotopic (exact) mass is 544 g/mol. The summed E-state index contributed by atoms with van der Waals surface area (Å²) in [7, 11) is -3.46. The minimum absolute atomic E-state index is 0.126. The molecule has 3 heterocycles. The molecule has 0 bridgehead atoms. The van der Waals surface area contributed by atoms with Gasteiger partial charge in [-0.1, -0.05) is 35.5 Å². The first-order valence-corrected chi connectivity index (χ1v) is 15.7. The number of rotatable bonds is 11. The van der Waals surface area contributed by atoms with Crippen LogP contribution >= 0.6 is 0 Å². The molecule has 3 fully saturated rings. The Hall–Kier alpha value is -2.27. The summed E-state index contributed by atoms with van der Waals surface area (Å²) in [5, 5.41) is 16.1. The van der Waals surface area contributed by atoms with Crippen LogP contribution in [0.25, 0.3) is 0 Å². The second-order valence-electron chi connectivity index (χ2n) is 11.2. The molecule has 5 rings (SSSR count). The summed E-state index contributed by atoms with van der Waals surface area (Å²) in [6.45, 7) is 3.21. The number of piperidine rings is 2. The predicted molar refractivity (Wildman–Crippen MR) is 144 cm³/mol. The zero-order valence-corrected chi connectivity index (χ0v) is 22.8. The van der Waals surface area contributed by atoms with E-state index in [1.54, 1.807) is 10.4 Å². The van der Waals surface area contributed by atoms with Crippen LogP contribution < -0.4 is 5.32 Å². The molecule has 38 heavy (non-hydrogen) atoms. The molecule has 9 nitrogen and oxygen atoms in total. The second kappa shape index (κ2) is 12.3. The Labute approximate surface area is 225 Å². The van der Waals surface area contributed by atoms with Gasteiger partial charge in [0, 0.05) is 43.8 Å². The Morgan fingerprint density at radius 2 is 1.84 bits per heavy atom. The van der Waals surface area contributed by atoms with Crippen LogP contribution in [0.5, 0.6) is 0 Å². The lowest BCUT2D eigenvalue weighted by Gasteiger charge is -2.40. The average molecular weight is 545 g/mol. The lowest BCUT2D eigenvalue weighted by molar-refractivity contribution is 0.0902. The van der Waals surface area contributed by atoms with E-state index in [2.05, 4.69) is 15.4 Å². The maximum Gasteiger partial charge on any atom is 0.273 e. The summed E-state index contributed by atoms with van der Waals surface area (Å²) in [4.78, 5) is 15.2. The molecule has 3 aliphatic rings. The van der Waals surface area contributed by atoms with E-state index in [-0.39, 0.29) is 36.3 Å². The molecule has 0 unspecified atom stereocenters. The number of hydrogen-bond donors (Lipinski definition) is 2. The van der Waals surface area contributed by atoms with E-state index in [4.69, 9.17) is 9.63 Å². The van der Waals surface area contributed by atoms with Gasteiger partial charge < -0.3 is 19.8 Å². The minimum atomic E-state index is -3.46. The number of aliphatic hydroxyl groups excluding tert-OH is 1. The number of aliphatic hydroxyl groups is 1. The van der Waals surface area contributed by atoms with Crippen molar-refractivity contribution in [2.75, 3.05) is 38.5 Å². The van der Waals surface area contributed by atoms with Crippen LogP contribution in [0, 0.1) is 5.92 Å². The summed E-state index contributed by atoms with van der Waals surface area (Å²) in [6, 6.07) is 11.4. The summed E-state index contributed by atoms with van der Waals surface area (Å²) in [5.41, 5.74) is 1.39. The van der Waals surface area contributed by atoms with E-state index in [0.717, 1.165) is 63.1 Å². The summed E-state index contributed by atoms with van der Waals surface area (Å²) < 4.78 is 34.5. The highest BCUT2D eigenvalue weighted by molar-refractivity contribution is 7.89. The van der Waals surface area contributed by atoms with Crippen molar-refractivity contribution in [3.8, 4) is 0 Å². The Balaban J connectivity index is 1.23. The number of carbonyl (C=O) groups is 1. The number of nitrogens with one attached hydrogen (secondary N) is 1. The summed E-state index contributed by atoms with van der Waals surface area (Å²) >= 11 is 0. The fraction of sp³-hybridized carbons (Fsp3) is 0.643. The number of sulfonamides is 1. The molecule has 10 heteroatoms. The molecular formula is C28H40N4O5S. The van der Waals surface area contributed by atoms with Gasteiger partial charge in [-0.3, -0.25) is 4.79 Å². The molecule has 0 spiro atoms. The number of amides is 1. The van der Waals surface area contributed by atoms with E-state index in [0.29, 0.717) is 37.4 Å². The maximum atomic E-state index is 13.7. The zero-order chi connectivity index (χ0) is 26.5. The van der Waals surface area contributed by atoms with Crippen molar-refractivity contribution < 1.29 is 22.8 Å². The Morgan fingerprint density at radius 1 is 1.08 bits per heavy atom.